The minimum Gasteiger partial charge on any atom is -0.492 e. The molecule has 0 bridgehead atoms. The predicted molar refractivity (Wildman–Crippen MR) is 84.8 cm³/mol. The molecule has 1 aliphatic carbocycles. The molecule has 120 valence electrons. The van der Waals surface area contributed by atoms with Crippen molar-refractivity contribution in [3.8, 4) is 5.75 Å². The van der Waals surface area contributed by atoms with E-state index in [1.54, 1.807) is 0 Å². The SMILES string of the molecule is COC(=O)C1(COc2ccc(N=S3(=O)CCCC3)cc2)CC1. The molecule has 1 aromatic carbocycles. The van der Waals surface area contributed by atoms with Crippen LogP contribution in [0.4, 0.5) is 5.69 Å². The number of esters is 1. The molecule has 0 atom stereocenters. The van der Waals surface area contributed by atoms with Gasteiger partial charge in [-0.2, -0.15) is 4.36 Å². The highest BCUT2D eigenvalue weighted by Gasteiger charge is 2.52. The average Bonchev–Trinajstić information content (AvgIpc) is 3.21. The summed E-state index contributed by atoms with van der Waals surface area (Å²) in [7, 11) is -0.631. The van der Waals surface area contributed by atoms with Crippen LogP contribution in [0.15, 0.2) is 28.6 Å². The largest absolute Gasteiger partial charge is 0.492 e. The van der Waals surface area contributed by atoms with Crippen molar-refractivity contribution in [2.75, 3.05) is 25.2 Å². The van der Waals surface area contributed by atoms with E-state index in [1.807, 2.05) is 24.3 Å². The maximum atomic E-state index is 12.4. The Labute approximate surface area is 131 Å². The third-order valence-electron chi connectivity index (χ3n) is 4.27. The summed E-state index contributed by atoms with van der Waals surface area (Å²) in [5, 5.41) is 0. The second kappa shape index (κ2) is 5.91. The highest BCUT2D eigenvalue weighted by atomic mass is 32.2. The molecule has 0 amide bonds. The first-order chi connectivity index (χ1) is 10.6. The Balaban J connectivity index is 1.63. The molecular formula is C16H21NO4S. The molecule has 0 aromatic heterocycles. The summed E-state index contributed by atoms with van der Waals surface area (Å²) in [6.07, 6.45) is 3.63. The fourth-order valence-corrected chi connectivity index (χ4v) is 4.84. The number of ether oxygens (including phenoxy) is 2. The van der Waals surface area contributed by atoms with E-state index in [1.165, 1.54) is 7.11 Å². The van der Waals surface area contributed by atoms with Crippen molar-refractivity contribution < 1.29 is 18.5 Å². The smallest absolute Gasteiger partial charge is 0.315 e. The van der Waals surface area contributed by atoms with Crippen LogP contribution in [0.2, 0.25) is 0 Å². The van der Waals surface area contributed by atoms with Gasteiger partial charge in [0.15, 0.2) is 0 Å². The molecule has 2 fully saturated rings. The van der Waals surface area contributed by atoms with Crippen molar-refractivity contribution in [2.24, 2.45) is 9.78 Å². The fourth-order valence-electron chi connectivity index (χ4n) is 2.64. The Morgan fingerprint density at radius 1 is 1.23 bits per heavy atom. The van der Waals surface area contributed by atoms with E-state index >= 15 is 0 Å². The van der Waals surface area contributed by atoms with Gasteiger partial charge in [-0.1, -0.05) is 0 Å². The zero-order valence-corrected chi connectivity index (χ0v) is 13.6. The van der Waals surface area contributed by atoms with E-state index in [9.17, 15) is 9.00 Å². The highest BCUT2D eigenvalue weighted by Crippen LogP contribution is 2.47. The van der Waals surface area contributed by atoms with Crippen LogP contribution in [0, 0.1) is 5.41 Å². The van der Waals surface area contributed by atoms with Crippen LogP contribution < -0.4 is 4.74 Å². The molecular weight excluding hydrogens is 302 g/mol. The van der Waals surface area contributed by atoms with Gasteiger partial charge in [0, 0.05) is 11.5 Å². The van der Waals surface area contributed by atoms with Gasteiger partial charge in [-0.3, -0.25) is 4.79 Å². The van der Waals surface area contributed by atoms with Gasteiger partial charge in [0.05, 0.1) is 22.5 Å². The van der Waals surface area contributed by atoms with E-state index < -0.39 is 15.1 Å². The van der Waals surface area contributed by atoms with Gasteiger partial charge in [-0.15, -0.1) is 0 Å². The lowest BCUT2D eigenvalue weighted by molar-refractivity contribution is -0.148. The van der Waals surface area contributed by atoms with Crippen LogP contribution in [0.3, 0.4) is 0 Å². The summed E-state index contributed by atoms with van der Waals surface area (Å²) in [6.45, 7) is 0.340. The molecule has 0 unspecified atom stereocenters. The Hall–Kier alpha value is -1.56. The van der Waals surface area contributed by atoms with Crippen LogP contribution in [-0.2, 0) is 19.3 Å². The summed E-state index contributed by atoms with van der Waals surface area (Å²) in [5.74, 6) is 1.90. The van der Waals surface area contributed by atoms with Crippen molar-refractivity contribution in [3.05, 3.63) is 24.3 Å². The zero-order valence-electron chi connectivity index (χ0n) is 12.7. The van der Waals surface area contributed by atoms with Crippen LogP contribution >= 0.6 is 0 Å². The van der Waals surface area contributed by atoms with Crippen LogP contribution in [0.5, 0.6) is 5.75 Å². The number of carbonyl (C=O) groups excluding carboxylic acids is 1. The lowest BCUT2D eigenvalue weighted by atomic mass is 10.1. The second-order valence-corrected chi connectivity index (χ2v) is 8.58. The molecule has 1 saturated heterocycles. The lowest BCUT2D eigenvalue weighted by Gasteiger charge is -2.13. The van der Waals surface area contributed by atoms with Gasteiger partial charge in [-0.25, -0.2) is 4.21 Å². The van der Waals surface area contributed by atoms with E-state index in [0.29, 0.717) is 23.9 Å². The molecule has 22 heavy (non-hydrogen) atoms. The average molecular weight is 323 g/mol. The molecule has 3 rings (SSSR count). The monoisotopic (exact) mass is 323 g/mol. The number of carbonyl (C=O) groups is 1. The molecule has 1 heterocycles. The number of methoxy groups -OCH3 is 1. The Morgan fingerprint density at radius 3 is 2.41 bits per heavy atom. The van der Waals surface area contributed by atoms with Gasteiger partial charge < -0.3 is 9.47 Å². The number of rotatable bonds is 5. The fraction of sp³-hybridized carbons (Fsp3) is 0.562. The maximum absolute atomic E-state index is 12.4. The summed E-state index contributed by atoms with van der Waals surface area (Å²) < 4.78 is 27.3. The summed E-state index contributed by atoms with van der Waals surface area (Å²) in [6, 6.07) is 7.25. The van der Waals surface area contributed by atoms with Crippen LogP contribution in [-0.4, -0.2) is 35.4 Å². The molecule has 0 radical (unpaired) electrons. The van der Waals surface area contributed by atoms with E-state index in [0.717, 1.165) is 31.4 Å². The Morgan fingerprint density at radius 2 is 1.86 bits per heavy atom. The standard InChI is InChI=1S/C16H21NO4S/c1-20-15(18)16(8-9-16)12-21-14-6-4-13(5-7-14)17-22(19)10-2-3-11-22/h4-7H,2-3,8-12H2,1H3. The first-order valence-electron chi connectivity index (χ1n) is 7.59. The summed E-state index contributed by atoms with van der Waals surface area (Å²) in [5.41, 5.74) is 0.276. The molecule has 0 N–H and O–H groups in total. The first-order valence-corrected chi connectivity index (χ1v) is 9.44. The first kappa shape index (κ1) is 15.3. The number of hydrogen-bond donors (Lipinski definition) is 0. The molecule has 5 nitrogen and oxygen atoms in total. The molecule has 1 aliphatic heterocycles. The van der Waals surface area contributed by atoms with E-state index in [-0.39, 0.29) is 5.97 Å². The molecule has 6 heteroatoms. The topological polar surface area (TPSA) is 65.0 Å². The predicted octanol–water partition coefficient (Wildman–Crippen LogP) is 2.91. The van der Waals surface area contributed by atoms with Gasteiger partial charge in [0.2, 0.25) is 0 Å². The minimum atomic E-state index is -2.04. The quantitative estimate of drug-likeness (QED) is 0.782. The third-order valence-corrected chi connectivity index (χ3v) is 6.67. The lowest BCUT2D eigenvalue weighted by Crippen LogP contribution is -2.24. The van der Waals surface area contributed by atoms with Crippen LogP contribution in [0.25, 0.3) is 0 Å². The second-order valence-electron chi connectivity index (χ2n) is 6.03. The van der Waals surface area contributed by atoms with Gasteiger partial charge in [-0.05, 0) is 49.9 Å². The summed E-state index contributed by atoms with van der Waals surface area (Å²) in [4.78, 5) is 11.7. The highest BCUT2D eigenvalue weighted by molar-refractivity contribution is 7.93. The van der Waals surface area contributed by atoms with Crippen molar-refractivity contribution >= 4 is 21.4 Å². The molecule has 1 aromatic rings. The molecule has 0 spiro atoms. The van der Waals surface area contributed by atoms with Crippen molar-refractivity contribution in [2.45, 2.75) is 25.7 Å². The van der Waals surface area contributed by atoms with Gasteiger partial charge in [0.25, 0.3) is 0 Å². The summed E-state index contributed by atoms with van der Waals surface area (Å²) >= 11 is 0. The van der Waals surface area contributed by atoms with Crippen molar-refractivity contribution in [3.63, 3.8) is 0 Å². The minimum absolute atomic E-state index is 0.197. The zero-order chi connectivity index (χ0) is 15.6. The van der Waals surface area contributed by atoms with Gasteiger partial charge in [0.1, 0.15) is 17.8 Å². The number of benzene rings is 1. The molecule has 2 aliphatic rings. The van der Waals surface area contributed by atoms with Crippen molar-refractivity contribution in [1.82, 2.24) is 0 Å². The number of nitrogens with zero attached hydrogens (tertiary/aromatic N) is 1. The van der Waals surface area contributed by atoms with E-state index in [4.69, 9.17) is 9.47 Å². The van der Waals surface area contributed by atoms with E-state index in [2.05, 4.69) is 4.36 Å². The third kappa shape index (κ3) is 3.27. The van der Waals surface area contributed by atoms with Gasteiger partial charge >= 0.3 is 5.97 Å². The maximum Gasteiger partial charge on any atom is 0.315 e. The molecule has 1 saturated carbocycles. The van der Waals surface area contributed by atoms with Crippen LogP contribution in [0.1, 0.15) is 25.7 Å². The Bertz CT molecular complexity index is 658. The normalized spacial score (nSPS) is 21.1. The van der Waals surface area contributed by atoms with Crippen molar-refractivity contribution in [1.29, 1.82) is 0 Å². The number of hydrogen-bond acceptors (Lipinski definition) is 5. The Kier molecular flexibility index (Phi) is 4.12.